The Morgan fingerprint density at radius 2 is 2.15 bits per heavy atom. The van der Waals surface area contributed by atoms with E-state index in [1.54, 1.807) is 18.0 Å². The van der Waals surface area contributed by atoms with Gasteiger partial charge in [-0.15, -0.1) is 34.2 Å². The Bertz CT molecular complexity index is 671. The van der Waals surface area contributed by atoms with Crippen LogP contribution in [-0.2, 0) is 19.5 Å². The molecule has 0 saturated carbocycles. The summed E-state index contributed by atoms with van der Waals surface area (Å²) in [5.74, 6) is 3.29. The smallest absolute Gasteiger partial charge is 0.191 e. The van der Waals surface area contributed by atoms with Crippen LogP contribution in [0.1, 0.15) is 38.8 Å². The topological polar surface area (TPSA) is 80.3 Å². The Kier molecular flexibility index (Phi) is 11.5. The number of hydrogen-bond acceptors (Lipinski definition) is 5. The molecule has 9 heteroatoms. The molecule has 2 N–H and O–H groups in total. The zero-order valence-electron chi connectivity index (χ0n) is 16.6. The number of hydrogen-bond donors (Lipinski definition) is 2. The highest BCUT2D eigenvalue weighted by molar-refractivity contribution is 14.0. The molecule has 0 atom stereocenters. The van der Waals surface area contributed by atoms with Crippen LogP contribution in [0.3, 0.4) is 0 Å². The number of nitrogens with zero attached hydrogens (tertiary/aromatic N) is 4. The lowest BCUT2D eigenvalue weighted by atomic mass is 10.2. The van der Waals surface area contributed by atoms with Crippen LogP contribution in [0.2, 0.25) is 0 Å². The van der Waals surface area contributed by atoms with Crippen LogP contribution >= 0.6 is 35.7 Å². The van der Waals surface area contributed by atoms with E-state index in [2.05, 4.69) is 51.2 Å². The van der Waals surface area contributed by atoms with Crippen molar-refractivity contribution in [3.63, 3.8) is 0 Å². The van der Waals surface area contributed by atoms with Crippen molar-refractivity contribution in [2.24, 2.45) is 10.9 Å². The molecule has 27 heavy (non-hydrogen) atoms. The predicted molar refractivity (Wildman–Crippen MR) is 122 cm³/mol. The zero-order valence-corrected chi connectivity index (χ0v) is 19.7. The van der Waals surface area contributed by atoms with Gasteiger partial charge in [0.1, 0.15) is 18.1 Å². The third-order valence-corrected chi connectivity index (χ3v) is 4.38. The van der Waals surface area contributed by atoms with Crippen LogP contribution in [0, 0.1) is 5.92 Å². The first-order valence-electron chi connectivity index (χ1n) is 9.14. The van der Waals surface area contributed by atoms with E-state index >= 15 is 0 Å². The first-order chi connectivity index (χ1) is 12.6. The van der Waals surface area contributed by atoms with Gasteiger partial charge < -0.3 is 19.6 Å². The summed E-state index contributed by atoms with van der Waals surface area (Å²) in [6.45, 7) is 9.63. The fourth-order valence-electron chi connectivity index (χ4n) is 2.56. The fraction of sp³-hybridized carbons (Fsp3) is 0.611. The van der Waals surface area contributed by atoms with Crippen LogP contribution in [0.15, 0.2) is 33.0 Å². The number of halogens is 1. The van der Waals surface area contributed by atoms with Crippen molar-refractivity contribution in [2.75, 3.05) is 19.3 Å². The first kappa shape index (κ1) is 23.8. The maximum absolute atomic E-state index is 5.32. The molecular weight excluding hydrogens is 475 g/mol. The second-order valence-electron chi connectivity index (χ2n) is 6.41. The highest BCUT2D eigenvalue weighted by atomic mass is 127. The number of furan rings is 1. The van der Waals surface area contributed by atoms with Crippen LogP contribution in [0.4, 0.5) is 0 Å². The maximum Gasteiger partial charge on any atom is 0.191 e. The quantitative estimate of drug-likeness (QED) is 0.169. The van der Waals surface area contributed by atoms with Gasteiger partial charge in [0.2, 0.25) is 0 Å². The molecule has 0 aliphatic heterocycles. The van der Waals surface area contributed by atoms with E-state index in [0.29, 0.717) is 12.5 Å². The van der Waals surface area contributed by atoms with Crippen molar-refractivity contribution in [2.45, 2.75) is 51.9 Å². The van der Waals surface area contributed by atoms with Gasteiger partial charge in [-0.1, -0.05) is 25.6 Å². The van der Waals surface area contributed by atoms with Gasteiger partial charge in [0.25, 0.3) is 0 Å². The van der Waals surface area contributed by atoms with Gasteiger partial charge in [0.15, 0.2) is 11.1 Å². The fourth-order valence-corrected chi connectivity index (χ4v) is 3.08. The monoisotopic (exact) mass is 506 g/mol. The SMILES string of the molecule is CCNC(=NCc1ccco1)NCCCc1nnc(SC)n1CC(C)C.I. The number of guanidine groups is 1. The second-order valence-corrected chi connectivity index (χ2v) is 7.19. The molecule has 2 rings (SSSR count). The molecule has 0 amide bonds. The Labute approximate surface area is 183 Å². The zero-order chi connectivity index (χ0) is 18.8. The maximum atomic E-state index is 5.32. The first-order valence-corrected chi connectivity index (χ1v) is 10.4. The molecule has 2 aromatic rings. The van der Waals surface area contributed by atoms with E-state index in [0.717, 1.165) is 55.2 Å². The van der Waals surface area contributed by atoms with E-state index in [4.69, 9.17) is 4.42 Å². The number of rotatable bonds is 10. The van der Waals surface area contributed by atoms with E-state index in [9.17, 15) is 0 Å². The number of nitrogens with one attached hydrogen (secondary N) is 2. The van der Waals surface area contributed by atoms with Crippen LogP contribution < -0.4 is 10.6 Å². The van der Waals surface area contributed by atoms with Gasteiger partial charge >= 0.3 is 0 Å². The molecule has 7 nitrogen and oxygen atoms in total. The third kappa shape index (κ3) is 8.12. The largest absolute Gasteiger partial charge is 0.467 e. The minimum absolute atomic E-state index is 0. The summed E-state index contributed by atoms with van der Waals surface area (Å²) in [5, 5.41) is 16.3. The van der Waals surface area contributed by atoms with Gasteiger partial charge in [0, 0.05) is 26.1 Å². The minimum atomic E-state index is 0. The van der Waals surface area contributed by atoms with E-state index in [1.807, 2.05) is 18.4 Å². The highest BCUT2D eigenvalue weighted by Crippen LogP contribution is 2.16. The van der Waals surface area contributed by atoms with Crippen molar-refractivity contribution in [3.05, 3.63) is 30.0 Å². The van der Waals surface area contributed by atoms with Crippen LogP contribution in [-0.4, -0.2) is 40.1 Å². The lowest BCUT2D eigenvalue weighted by Gasteiger charge is -2.13. The molecule has 0 aromatic carbocycles. The molecular formula is C18H31IN6OS. The van der Waals surface area contributed by atoms with E-state index < -0.39 is 0 Å². The number of aromatic nitrogens is 3. The Morgan fingerprint density at radius 3 is 2.78 bits per heavy atom. The highest BCUT2D eigenvalue weighted by Gasteiger charge is 2.12. The van der Waals surface area contributed by atoms with Crippen LogP contribution in [0.25, 0.3) is 0 Å². The molecule has 0 saturated heterocycles. The van der Waals surface area contributed by atoms with Gasteiger partial charge in [-0.3, -0.25) is 0 Å². The molecule has 0 unspecified atom stereocenters. The number of aryl methyl sites for hydroxylation is 1. The van der Waals surface area contributed by atoms with Crippen molar-refractivity contribution in [1.82, 2.24) is 25.4 Å². The molecule has 0 spiro atoms. The van der Waals surface area contributed by atoms with Crippen molar-refractivity contribution >= 4 is 41.7 Å². The third-order valence-electron chi connectivity index (χ3n) is 3.71. The standard InChI is InChI=1S/C18H30N6OS.HI/c1-5-19-17(21-12-15-8-7-11-25-15)20-10-6-9-16-22-23-18(26-4)24(16)13-14(2)3;/h7-8,11,14H,5-6,9-10,12-13H2,1-4H3,(H2,19,20,21);1H. The van der Waals surface area contributed by atoms with Crippen molar-refractivity contribution < 1.29 is 4.42 Å². The minimum Gasteiger partial charge on any atom is -0.467 e. The lowest BCUT2D eigenvalue weighted by Crippen LogP contribution is -2.37. The summed E-state index contributed by atoms with van der Waals surface area (Å²) in [4.78, 5) is 4.54. The molecule has 0 fully saturated rings. The molecule has 2 heterocycles. The van der Waals surface area contributed by atoms with Gasteiger partial charge in [0.05, 0.1) is 6.26 Å². The number of thioether (sulfide) groups is 1. The van der Waals surface area contributed by atoms with Gasteiger partial charge in [-0.05, 0) is 37.7 Å². The van der Waals surface area contributed by atoms with Crippen molar-refractivity contribution in [3.8, 4) is 0 Å². The van der Waals surface area contributed by atoms with E-state index in [-0.39, 0.29) is 24.0 Å². The molecule has 0 aliphatic carbocycles. The summed E-state index contributed by atoms with van der Waals surface area (Å²) >= 11 is 1.65. The second kappa shape index (κ2) is 13.0. The molecule has 0 aliphatic rings. The summed E-state index contributed by atoms with van der Waals surface area (Å²) < 4.78 is 7.56. The van der Waals surface area contributed by atoms with Crippen molar-refractivity contribution in [1.29, 1.82) is 0 Å². The summed E-state index contributed by atoms with van der Waals surface area (Å²) in [7, 11) is 0. The molecule has 152 valence electrons. The summed E-state index contributed by atoms with van der Waals surface area (Å²) in [5.41, 5.74) is 0. The molecule has 0 bridgehead atoms. The Hall–Kier alpha value is -1.23. The summed E-state index contributed by atoms with van der Waals surface area (Å²) in [6, 6.07) is 3.80. The average molecular weight is 506 g/mol. The Morgan fingerprint density at radius 1 is 1.33 bits per heavy atom. The molecule has 0 radical (unpaired) electrons. The molecule has 2 aromatic heterocycles. The average Bonchev–Trinajstić information content (AvgIpc) is 3.26. The van der Waals surface area contributed by atoms with Gasteiger partial charge in [-0.2, -0.15) is 0 Å². The van der Waals surface area contributed by atoms with E-state index in [1.165, 1.54) is 0 Å². The van der Waals surface area contributed by atoms with Gasteiger partial charge in [-0.25, -0.2) is 4.99 Å². The summed E-state index contributed by atoms with van der Waals surface area (Å²) in [6.07, 6.45) is 5.58. The lowest BCUT2D eigenvalue weighted by molar-refractivity contribution is 0.477. The Balaban J connectivity index is 0.00000364. The van der Waals surface area contributed by atoms with Crippen LogP contribution in [0.5, 0.6) is 0 Å². The predicted octanol–water partition coefficient (Wildman–Crippen LogP) is 3.55. The normalized spacial score (nSPS) is 11.5. The number of aliphatic imine (C=N–C) groups is 1.